The number of ether oxygens (including phenoxy) is 1. The van der Waals surface area contributed by atoms with Crippen LogP contribution in [0.25, 0.3) is 39.2 Å². The molecule has 0 atom stereocenters. The van der Waals surface area contributed by atoms with Gasteiger partial charge in [0.25, 0.3) is 5.56 Å². The summed E-state index contributed by atoms with van der Waals surface area (Å²) in [6.45, 7) is 0. The number of nitrogens with zero attached hydrogens (tertiary/aromatic N) is 3. The molecule has 3 aromatic heterocycles. The molecule has 0 amide bonds. The Bertz CT molecular complexity index is 1590. The number of H-pyrrole nitrogens is 1. The molecule has 0 aliphatic carbocycles. The molecule has 0 aliphatic rings. The first-order valence-electron chi connectivity index (χ1n) is 10.3. The number of halogens is 4. The van der Waals surface area contributed by atoms with Crippen LogP contribution in [-0.4, -0.2) is 26.7 Å². The van der Waals surface area contributed by atoms with Crippen LogP contribution in [0.1, 0.15) is 5.69 Å². The molecule has 10 heteroatoms. The minimum absolute atomic E-state index is 0.0707. The number of methoxy groups -OCH3 is 1. The summed E-state index contributed by atoms with van der Waals surface area (Å²) < 4.78 is 47.4. The third-order valence-electron chi connectivity index (χ3n) is 5.47. The van der Waals surface area contributed by atoms with Crippen molar-refractivity contribution in [3.05, 3.63) is 94.0 Å². The number of aromatic nitrogens is 4. The van der Waals surface area contributed by atoms with Crippen molar-refractivity contribution in [1.82, 2.24) is 19.6 Å². The summed E-state index contributed by atoms with van der Waals surface area (Å²) in [6, 6.07) is 17.9. The van der Waals surface area contributed by atoms with E-state index in [-0.39, 0.29) is 16.8 Å². The van der Waals surface area contributed by atoms with Gasteiger partial charge >= 0.3 is 6.18 Å². The molecule has 0 saturated heterocycles. The Kier molecular flexibility index (Phi) is 5.56. The van der Waals surface area contributed by atoms with Crippen LogP contribution in [0.4, 0.5) is 13.2 Å². The van der Waals surface area contributed by atoms with E-state index in [1.54, 1.807) is 24.4 Å². The highest BCUT2D eigenvalue weighted by atomic mass is 35.5. The smallest absolute Gasteiger partial charge is 0.435 e. The molecular weight excluding hydrogens is 481 g/mol. The third-order valence-corrected chi connectivity index (χ3v) is 5.72. The number of alkyl halides is 3. The first-order chi connectivity index (χ1) is 16.7. The molecule has 0 spiro atoms. The number of benzene rings is 2. The molecule has 0 unspecified atom stereocenters. The topological polar surface area (TPSA) is 72.3 Å². The Hall–Kier alpha value is -4.11. The molecule has 0 bridgehead atoms. The predicted octanol–water partition coefficient (Wildman–Crippen LogP) is 6.10. The summed E-state index contributed by atoms with van der Waals surface area (Å²) in [7, 11) is 1.52. The van der Waals surface area contributed by atoms with Crippen LogP contribution in [0.15, 0.2) is 77.7 Å². The van der Waals surface area contributed by atoms with Crippen molar-refractivity contribution in [3.8, 4) is 39.4 Å². The van der Waals surface area contributed by atoms with Gasteiger partial charge in [0.1, 0.15) is 5.65 Å². The first kappa shape index (κ1) is 22.7. The number of pyridine rings is 1. The van der Waals surface area contributed by atoms with Crippen molar-refractivity contribution >= 4 is 17.2 Å². The number of hydrogen-bond donors (Lipinski definition) is 1. The van der Waals surface area contributed by atoms with Crippen molar-refractivity contribution in [2.75, 3.05) is 7.11 Å². The van der Waals surface area contributed by atoms with Crippen molar-refractivity contribution < 1.29 is 17.9 Å². The Labute approximate surface area is 201 Å². The zero-order valence-corrected chi connectivity index (χ0v) is 18.9. The van der Waals surface area contributed by atoms with Crippen LogP contribution < -0.4 is 10.3 Å². The second kappa shape index (κ2) is 8.59. The van der Waals surface area contributed by atoms with Gasteiger partial charge in [-0.2, -0.15) is 22.8 Å². The lowest BCUT2D eigenvalue weighted by molar-refractivity contribution is -0.140. The summed E-state index contributed by atoms with van der Waals surface area (Å²) in [5.41, 5.74) is 0.621. The van der Waals surface area contributed by atoms with Gasteiger partial charge in [-0.3, -0.25) is 4.79 Å². The SMILES string of the molecule is COc1ccc(-c2cccc(-c3cc(=O)n4nc(C(F)(F)F)c(-c5ccc(Cl)cc5)c4[nH]3)c2)cn1. The number of rotatable bonds is 4. The fourth-order valence-electron chi connectivity index (χ4n) is 3.82. The molecule has 0 aliphatic heterocycles. The second-order valence-electron chi connectivity index (χ2n) is 7.68. The fraction of sp³-hybridized carbons (Fsp3) is 0.0800. The van der Waals surface area contributed by atoms with E-state index in [0.717, 1.165) is 15.6 Å². The molecule has 3 heterocycles. The van der Waals surface area contributed by atoms with Gasteiger partial charge in [-0.25, -0.2) is 4.98 Å². The second-order valence-corrected chi connectivity index (χ2v) is 8.12. The highest BCUT2D eigenvalue weighted by molar-refractivity contribution is 6.30. The highest BCUT2D eigenvalue weighted by Gasteiger charge is 2.39. The minimum atomic E-state index is -4.78. The monoisotopic (exact) mass is 496 g/mol. The van der Waals surface area contributed by atoms with Gasteiger partial charge in [-0.1, -0.05) is 41.9 Å². The maximum absolute atomic E-state index is 13.9. The number of fused-ring (bicyclic) bond motifs is 1. The molecule has 35 heavy (non-hydrogen) atoms. The summed E-state index contributed by atoms with van der Waals surface area (Å²) >= 11 is 5.92. The molecule has 0 radical (unpaired) electrons. The molecule has 2 aromatic carbocycles. The van der Waals surface area contributed by atoms with Gasteiger partial charge in [0.15, 0.2) is 5.69 Å². The summed E-state index contributed by atoms with van der Waals surface area (Å²) in [5, 5.41) is 3.97. The van der Waals surface area contributed by atoms with Gasteiger partial charge in [-0.15, -0.1) is 0 Å². The minimum Gasteiger partial charge on any atom is -0.481 e. The molecule has 5 aromatic rings. The lowest BCUT2D eigenvalue weighted by atomic mass is 10.0. The maximum Gasteiger partial charge on any atom is 0.435 e. The average molecular weight is 497 g/mol. The molecule has 176 valence electrons. The Morgan fingerprint density at radius 1 is 0.943 bits per heavy atom. The molecule has 6 nitrogen and oxygen atoms in total. The van der Waals surface area contributed by atoms with E-state index in [0.29, 0.717) is 22.2 Å². The van der Waals surface area contributed by atoms with Crippen molar-refractivity contribution in [2.45, 2.75) is 6.18 Å². The quantitative estimate of drug-likeness (QED) is 0.326. The Morgan fingerprint density at radius 3 is 2.31 bits per heavy atom. The lowest BCUT2D eigenvalue weighted by Gasteiger charge is -2.09. The number of aromatic amines is 1. The molecule has 0 fully saturated rings. The van der Waals surface area contributed by atoms with Crippen molar-refractivity contribution in [3.63, 3.8) is 0 Å². The van der Waals surface area contributed by atoms with Crippen LogP contribution >= 0.6 is 11.6 Å². The van der Waals surface area contributed by atoms with Crippen LogP contribution in [0.3, 0.4) is 0 Å². The maximum atomic E-state index is 13.9. The summed E-state index contributed by atoms with van der Waals surface area (Å²) in [6.07, 6.45) is -3.13. The zero-order valence-electron chi connectivity index (χ0n) is 18.1. The lowest BCUT2D eigenvalue weighted by Crippen LogP contribution is -2.15. The fourth-order valence-corrected chi connectivity index (χ4v) is 3.95. The molecular formula is C25H16ClF3N4O2. The first-order valence-corrected chi connectivity index (χ1v) is 10.7. The number of nitrogens with one attached hydrogen (secondary N) is 1. The van der Waals surface area contributed by atoms with E-state index in [1.807, 2.05) is 18.2 Å². The van der Waals surface area contributed by atoms with Crippen LogP contribution in [0.2, 0.25) is 5.02 Å². The van der Waals surface area contributed by atoms with E-state index in [9.17, 15) is 18.0 Å². The van der Waals surface area contributed by atoms with Crippen LogP contribution in [0.5, 0.6) is 5.88 Å². The third kappa shape index (κ3) is 4.26. The van der Waals surface area contributed by atoms with E-state index >= 15 is 0 Å². The van der Waals surface area contributed by atoms with E-state index in [1.165, 1.54) is 37.4 Å². The van der Waals surface area contributed by atoms with Crippen molar-refractivity contribution in [2.24, 2.45) is 0 Å². The normalized spacial score (nSPS) is 11.7. The van der Waals surface area contributed by atoms with Gasteiger partial charge < -0.3 is 9.72 Å². The van der Waals surface area contributed by atoms with Gasteiger partial charge in [-0.05, 0) is 41.0 Å². The van der Waals surface area contributed by atoms with Crippen LogP contribution in [-0.2, 0) is 6.18 Å². The average Bonchev–Trinajstić information content (AvgIpc) is 3.26. The summed E-state index contributed by atoms with van der Waals surface area (Å²) in [4.78, 5) is 20.0. The standard InChI is InChI=1S/C25H16ClF3N4O2/c1-35-20-10-7-17(13-30-20)15-3-2-4-16(11-15)19-12-21(34)33-24(31-19)22(23(32-33)25(27,28)29)14-5-8-18(26)9-6-14/h2-13,31H,1H3. The number of hydrogen-bond acceptors (Lipinski definition) is 4. The van der Waals surface area contributed by atoms with Gasteiger partial charge in [0.05, 0.1) is 18.4 Å². The summed E-state index contributed by atoms with van der Waals surface area (Å²) in [5.74, 6) is 0.468. The van der Waals surface area contributed by atoms with Crippen LogP contribution in [0, 0.1) is 0 Å². The largest absolute Gasteiger partial charge is 0.481 e. The zero-order chi connectivity index (χ0) is 24.7. The van der Waals surface area contributed by atoms with Crippen molar-refractivity contribution in [1.29, 1.82) is 0 Å². The molecule has 1 N–H and O–H groups in total. The van der Waals surface area contributed by atoms with Gasteiger partial charge in [0, 0.05) is 28.9 Å². The highest BCUT2D eigenvalue weighted by Crippen LogP contribution is 2.39. The van der Waals surface area contributed by atoms with E-state index in [2.05, 4.69) is 15.1 Å². The van der Waals surface area contributed by atoms with E-state index in [4.69, 9.17) is 16.3 Å². The van der Waals surface area contributed by atoms with E-state index < -0.39 is 17.4 Å². The van der Waals surface area contributed by atoms with Gasteiger partial charge in [0.2, 0.25) is 5.88 Å². The Morgan fingerprint density at radius 2 is 1.66 bits per heavy atom. The Balaban J connectivity index is 1.70. The molecule has 0 saturated carbocycles. The predicted molar refractivity (Wildman–Crippen MR) is 126 cm³/mol. The molecule has 5 rings (SSSR count).